The molecule has 2 aliphatic carbocycles. The van der Waals surface area contributed by atoms with Gasteiger partial charge in [-0.25, -0.2) is 24.0 Å². The predicted octanol–water partition coefficient (Wildman–Crippen LogP) is 9.87. The molecule has 5 rings (SSSR count). The highest BCUT2D eigenvalue weighted by Gasteiger charge is 2.25. The van der Waals surface area contributed by atoms with E-state index in [0.29, 0.717) is 48.0 Å². The molecule has 0 aromatic heterocycles. The normalized spacial score (nSPS) is 19.0. The van der Waals surface area contributed by atoms with E-state index in [2.05, 4.69) is 13.2 Å². The molecule has 57 heavy (non-hydrogen) atoms. The molecule has 0 aliphatic heterocycles. The van der Waals surface area contributed by atoms with Gasteiger partial charge in [0.1, 0.15) is 0 Å². The van der Waals surface area contributed by atoms with Crippen LogP contribution >= 0.6 is 0 Å². The van der Waals surface area contributed by atoms with Crippen molar-refractivity contribution in [1.29, 1.82) is 0 Å². The second-order valence-corrected chi connectivity index (χ2v) is 14.9. The van der Waals surface area contributed by atoms with Crippen LogP contribution in [0.25, 0.3) is 0 Å². The smallest absolute Gasteiger partial charge is 0.343 e. The van der Waals surface area contributed by atoms with Gasteiger partial charge in [-0.15, -0.1) is 0 Å². The third-order valence-electron chi connectivity index (χ3n) is 11.1. The van der Waals surface area contributed by atoms with Gasteiger partial charge in [-0.1, -0.05) is 37.4 Å². The van der Waals surface area contributed by atoms with E-state index in [0.717, 1.165) is 88.2 Å². The van der Waals surface area contributed by atoms with Crippen LogP contribution in [-0.2, 0) is 23.8 Å². The summed E-state index contributed by atoms with van der Waals surface area (Å²) in [4.78, 5) is 61.9. The molecule has 302 valence electrons. The third kappa shape index (κ3) is 12.8. The van der Waals surface area contributed by atoms with Crippen LogP contribution in [0.15, 0.2) is 92.0 Å². The standard InChI is InChI=1S/C47H54O10/c1-4-43(48)54-29-7-9-32-11-15-34(16-12-32)36-19-23-38(24-20-36)46(51)56-41-28-27-40(45(50)53-6-3)31-42(41)57-47(52)39-25-21-37(22-26-39)35-17-13-33(14-18-35)10-8-30-55-44(49)5-2/h4-5,19-28,31-35H,1-2,6-18,29-30H2,3H3. The zero-order valence-electron chi connectivity index (χ0n) is 32.9. The lowest BCUT2D eigenvalue weighted by Gasteiger charge is -2.29. The molecule has 2 fully saturated rings. The molecule has 0 radical (unpaired) electrons. The van der Waals surface area contributed by atoms with Gasteiger partial charge in [-0.05, 0) is 161 Å². The van der Waals surface area contributed by atoms with Crippen molar-refractivity contribution >= 4 is 29.8 Å². The number of hydrogen-bond donors (Lipinski definition) is 0. The lowest BCUT2D eigenvalue weighted by Crippen LogP contribution is -2.15. The maximum Gasteiger partial charge on any atom is 0.343 e. The van der Waals surface area contributed by atoms with E-state index in [1.54, 1.807) is 31.2 Å². The summed E-state index contributed by atoms with van der Waals surface area (Å²) in [5.41, 5.74) is 3.13. The molecule has 0 spiro atoms. The molecule has 2 aliphatic rings. The summed E-state index contributed by atoms with van der Waals surface area (Å²) < 4.78 is 26.9. The number of esters is 5. The van der Waals surface area contributed by atoms with Crippen LogP contribution in [0.3, 0.4) is 0 Å². The summed E-state index contributed by atoms with van der Waals surface area (Å²) in [6.07, 6.45) is 14.6. The third-order valence-corrected chi connectivity index (χ3v) is 11.1. The average molecular weight is 779 g/mol. The second-order valence-electron chi connectivity index (χ2n) is 14.9. The molecule has 0 N–H and O–H groups in total. The van der Waals surface area contributed by atoms with E-state index in [1.807, 2.05) is 24.3 Å². The number of rotatable bonds is 18. The van der Waals surface area contributed by atoms with E-state index in [4.69, 9.17) is 23.7 Å². The number of carbonyl (C=O) groups is 5. The molecule has 0 amide bonds. The molecule has 0 saturated heterocycles. The van der Waals surface area contributed by atoms with Crippen molar-refractivity contribution in [2.24, 2.45) is 11.8 Å². The lowest BCUT2D eigenvalue weighted by molar-refractivity contribution is -0.138. The largest absolute Gasteiger partial charge is 0.463 e. The fourth-order valence-electron chi connectivity index (χ4n) is 7.89. The van der Waals surface area contributed by atoms with Crippen molar-refractivity contribution in [3.8, 4) is 11.5 Å². The van der Waals surface area contributed by atoms with Crippen molar-refractivity contribution in [3.63, 3.8) is 0 Å². The summed E-state index contributed by atoms with van der Waals surface area (Å²) in [6.45, 7) is 9.53. The van der Waals surface area contributed by atoms with Gasteiger partial charge in [0.15, 0.2) is 11.5 Å². The highest BCUT2D eigenvalue weighted by molar-refractivity contribution is 5.95. The van der Waals surface area contributed by atoms with Crippen LogP contribution in [0, 0.1) is 11.8 Å². The van der Waals surface area contributed by atoms with Crippen LogP contribution in [0.5, 0.6) is 11.5 Å². The van der Waals surface area contributed by atoms with Gasteiger partial charge in [-0.2, -0.15) is 0 Å². The zero-order valence-corrected chi connectivity index (χ0v) is 32.9. The van der Waals surface area contributed by atoms with E-state index in [-0.39, 0.29) is 35.6 Å². The highest BCUT2D eigenvalue weighted by atomic mass is 16.6. The lowest BCUT2D eigenvalue weighted by atomic mass is 9.77. The summed E-state index contributed by atoms with van der Waals surface area (Å²) >= 11 is 0. The Hall–Kier alpha value is -5.51. The Morgan fingerprint density at radius 1 is 0.544 bits per heavy atom. The van der Waals surface area contributed by atoms with Gasteiger partial charge in [0, 0.05) is 12.2 Å². The number of benzene rings is 3. The maximum atomic E-state index is 13.4. The molecule has 0 unspecified atom stereocenters. The summed E-state index contributed by atoms with van der Waals surface area (Å²) in [6, 6.07) is 19.0. The average Bonchev–Trinajstić information content (AvgIpc) is 3.24. The van der Waals surface area contributed by atoms with E-state index in [1.165, 1.54) is 30.4 Å². The van der Waals surface area contributed by atoms with Gasteiger partial charge in [-0.3, -0.25) is 0 Å². The van der Waals surface area contributed by atoms with Gasteiger partial charge in [0.2, 0.25) is 0 Å². The Balaban J connectivity index is 1.16. The molecular weight excluding hydrogens is 725 g/mol. The van der Waals surface area contributed by atoms with E-state index < -0.39 is 17.9 Å². The zero-order chi connectivity index (χ0) is 40.6. The Kier molecular flexibility index (Phi) is 16.2. The van der Waals surface area contributed by atoms with Crippen LogP contribution in [0.4, 0.5) is 0 Å². The molecule has 0 bridgehead atoms. The van der Waals surface area contributed by atoms with Gasteiger partial charge in [0.25, 0.3) is 0 Å². The maximum absolute atomic E-state index is 13.4. The topological polar surface area (TPSA) is 132 Å². The summed E-state index contributed by atoms with van der Waals surface area (Å²) in [5.74, 6) is -0.742. The van der Waals surface area contributed by atoms with Crippen molar-refractivity contribution in [3.05, 3.63) is 120 Å². The van der Waals surface area contributed by atoms with E-state index in [9.17, 15) is 24.0 Å². The minimum Gasteiger partial charge on any atom is -0.463 e. The van der Waals surface area contributed by atoms with Crippen molar-refractivity contribution in [1.82, 2.24) is 0 Å². The predicted molar refractivity (Wildman–Crippen MR) is 215 cm³/mol. The van der Waals surface area contributed by atoms with Gasteiger partial charge in [0.05, 0.1) is 36.5 Å². The molecule has 0 heterocycles. The monoisotopic (exact) mass is 778 g/mol. The van der Waals surface area contributed by atoms with Crippen LogP contribution in [0.1, 0.15) is 138 Å². The summed E-state index contributed by atoms with van der Waals surface area (Å²) in [5, 5.41) is 0. The van der Waals surface area contributed by atoms with Crippen LogP contribution in [0.2, 0.25) is 0 Å². The second kappa shape index (κ2) is 21.7. The van der Waals surface area contributed by atoms with Crippen LogP contribution in [-0.4, -0.2) is 49.7 Å². The van der Waals surface area contributed by atoms with E-state index >= 15 is 0 Å². The molecular formula is C47H54O10. The Morgan fingerprint density at radius 3 is 1.39 bits per heavy atom. The van der Waals surface area contributed by atoms with Crippen molar-refractivity contribution < 1.29 is 47.7 Å². The minimum absolute atomic E-state index is 0.00435. The Bertz CT molecular complexity index is 1850. The van der Waals surface area contributed by atoms with Crippen LogP contribution < -0.4 is 9.47 Å². The highest BCUT2D eigenvalue weighted by Crippen LogP contribution is 2.39. The van der Waals surface area contributed by atoms with Gasteiger partial charge >= 0.3 is 29.8 Å². The first-order valence-corrected chi connectivity index (χ1v) is 20.2. The molecule has 10 heteroatoms. The number of hydrogen-bond acceptors (Lipinski definition) is 10. The molecule has 2 saturated carbocycles. The first kappa shape index (κ1) is 42.6. The molecule has 3 aromatic rings. The molecule has 10 nitrogen and oxygen atoms in total. The van der Waals surface area contributed by atoms with Crippen molar-refractivity contribution in [2.45, 2.75) is 95.8 Å². The Labute approximate surface area is 335 Å². The Morgan fingerprint density at radius 2 is 0.965 bits per heavy atom. The fourth-order valence-corrected chi connectivity index (χ4v) is 7.89. The first-order chi connectivity index (χ1) is 27.7. The SMILES string of the molecule is C=CC(=O)OCCCC1CCC(c2ccc(C(=O)Oc3ccc(C(=O)OCC)cc3OC(=O)c3ccc(C4CCC(CCCOC(=O)C=C)CC4)cc3)cc2)CC1. The van der Waals surface area contributed by atoms with Crippen molar-refractivity contribution in [2.75, 3.05) is 19.8 Å². The fraction of sp³-hybridized carbons (Fsp3) is 0.426. The molecule has 0 atom stereocenters. The van der Waals surface area contributed by atoms with Gasteiger partial charge < -0.3 is 23.7 Å². The first-order valence-electron chi connectivity index (χ1n) is 20.2. The minimum atomic E-state index is -0.657. The quantitative estimate of drug-likeness (QED) is 0.0404. The molecule has 3 aromatic carbocycles. The summed E-state index contributed by atoms with van der Waals surface area (Å²) in [7, 11) is 0. The number of ether oxygens (including phenoxy) is 5. The number of carbonyl (C=O) groups excluding carboxylic acids is 5.